The number of hydrogen-bond acceptors (Lipinski definition) is 4. The molecule has 0 saturated heterocycles. The van der Waals surface area contributed by atoms with Crippen LogP contribution in [0, 0.1) is 0 Å². The zero-order chi connectivity index (χ0) is 12.1. The van der Waals surface area contributed by atoms with E-state index in [1.807, 2.05) is 0 Å². The third-order valence-electron chi connectivity index (χ3n) is 1.63. The summed E-state index contributed by atoms with van der Waals surface area (Å²) in [6, 6.07) is 6.44. The van der Waals surface area contributed by atoms with E-state index in [0.29, 0.717) is 0 Å². The van der Waals surface area contributed by atoms with Gasteiger partial charge in [-0.15, -0.1) is 0 Å². The highest BCUT2D eigenvalue weighted by Crippen LogP contribution is 2.32. The number of ether oxygens (including phenoxy) is 1. The van der Waals surface area contributed by atoms with Gasteiger partial charge in [0.25, 0.3) is 0 Å². The second-order valence-electron chi connectivity index (χ2n) is 3.28. The molecular formula is C10H12O4PS+. The van der Waals surface area contributed by atoms with Gasteiger partial charge < -0.3 is 4.74 Å². The zero-order valence-electron chi connectivity index (χ0n) is 8.91. The van der Waals surface area contributed by atoms with Crippen LogP contribution in [0.4, 0.5) is 0 Å². The summed E-state index contributed by atoms with van der Waals surface area (Å²) < 4.78 is 20.8. The maximum absolute atomic E-state index is 11.6. The molecule has 0 spiro atoms. The molecule has 0 bridgehead atoms. The maximum atomic E-state index is 11.6. The molecule has 0 aromatic heterocycles. The third-order valence-corrected chi connectivity index (χ3v) is 2.22. The summed E-state index contributed by atoms with van der Waals surface area (Å²) in [5.74, 6) is -0.292. The van der Waals surface area contributed by atoms with E-state index in [4.69, 9.17) is 9.26 Å². The van der Waals surface area contributed by atoms with Crippen molar-refractivity contribution < 1.29 is 18.6 Å². The van der Waals surface area contributed by atoms with Crippen LogP contribution in [0.15, 0.2) is 24.3 Å². The van der Waals surface area contributed by atoms with E-state index in [9.17, 15) is 9.36 Å². The number of carbonyl (C=O) groups excluding carboxylic acids is 1. The molecule has 86 valence electrons. The van der Waals surface area contributed by atoms with Crippen LogP contribution in [0.2, 0.25) is 0 Å². The van der Waals surface area contributed by atoms with Gasteiger partial charge in [-0.2, -0.15) is 0 Å². The van der Waals surface area contributed by atoms with Crippen LogP contribution in [-0.4, -0.2) is 12.1 Å². The first-order chi connectivity index (χ1) is 7.50. The van der Waals surface area contributed by atoms with Gasteiger partial charge in [0.2, 0.25) is 5.75 Å². The van der Waals surface area contributed by atoms with Crippen molar-refractivity contribution in [3.05, 3.63) is 29.8 Å². The van der Waals surface area contributed by atoms with Crippen LogP contribution in [0.3, 0.4) is 0 Å². The van der Waals surface area contributed by atoms with Crippen molar-refractivity contribution in [1.82, 2.24) is 0 Å². The quantitative estimate of drug-likeness (QED) is 0.512. The van der Waals surface area contributed by atoms with Gasteiger partial charge in [0, 0.05) is 0 Å². The molecule has 0 radical (unpaired) electrons. The molecule has 1 aromatic carbocycles. The predicted molar refractivity (Wildman–Crippen MR) is 64.2 cm³/mol. The minimum Gasteiger partial charge on any atom is -0.459 e. The maximum Gasteiger partial charge on any atom is 0.631 e. The van der Waals surface area contributed by atoms with Crippen LogP contribution in [-0.2, 0) is 9.30 Å². The van der Waals surface area contributed by atoms with E-state index < -0.39 is 13.2 Å². The molecular weight excluding hydrogens is 247 g/mol. The van der Waals surface area contributed by atoms with Crippen LogP contribution in [0.1, 0.15) is 24.2 Å². The van der Waals surface area contributed by atoms with Crippen molar-refractivity contribution in [3.63, 3.8) is 0 Å². The predicted octanol–water partition coefficient (Wildman–Crippen LogP) is 3.22. The van der Waals surface area contributed by atoms with Gasteiger partial charge in [0.05, 0.1) is 6.10 Å². The highest BCUT2D eigenvalue weighted by Gasteiger charge is 2.21. The van der Waals surface area contributed by atoms with E-state index >= 15 is 0 Å². The minimum absolute atomic E-state index is 0.212. The lowest BCUT2D eigenvalue weighted by Gasteiger charge is -2.08. The molecule has 0 aliphatic carbocycles. The lowest BCUT2D eigenvalue weighted by atomic mass is 10.2. The lowest BCUT2D eigenvalue weighted by Crippen LogP contribution is -2.12. The van der Waals surface area contributed by atoms with Crippen molar-refractivity contribution in [2.75, 3.05) is 0 Å². The first-order valence-corrected chi connectivity index (χ1v) is 6.98. The molecule has 0 heterocycles. The number of carbonyl (C=O) groups is 1. The van der Waals surface area contributed by atoms with Crippen LogP contribution in [0.25, 0.3) is 0 Å². The Morgan fingerprint density at radius 3 is 2.56 bits per heavy atom. The van der Waals surface area contributed by atoms with Gasteiger partial charge in [0.1, 0.15) is 5.56 Å². The van der Waals surface area contributed by atoms with Gasteiger partial charge in [0.15, 0.2) is 12.2 Å². The van der Waals surface area contributed by atoms with E-state index in [1.165, 1.54) is 0 Å². The molecule has 0 N–H and O–H groups in total. The first kappa shape index (κ1) is 13.0. The fraction of sp³-hybridized carbons (Fsp3) is 0.300. The van der Waals surface area contributed by atoms with Crippen molar-refractivity contribution in [3.8, 4) is 5.75 Å². The van der Waals surface area contributed by atoms with Crippen molar-refractivity contribution in [2.45, 2.75) is 20.0 Å². The number of para-hydroxylation sites is 1. The summed E-state index contributed by atoms with van der Waals surface area (Å²) in [4.78, 5) is 11.6. The Bertz CT molecular complexity index is 406. The smallest absolute Gasteiger partial charge is 0.459 e. The van der Waals surface area contributed by atoms with Gasteiger partial charge >= 0.3 is 13.2 Å². The second-order valence-corrected chi connectivity index (χ2v) is 4.92. The third kappa shape index (κ3) is 3.83. The fourth-order valence-electron chi connectivity index (χ4n) is 1.08. The normalized spacial score (nSPS) is 11.1. The molecule has 4 nitrogen and oxygen atoms in total. The average Bonchev–Trinajstić information content (AvgIpc) is 2.16. The summed E-state index contributed by atoms with van der Waals surface area (Å²) in [6.45, 7) is 3.50. The molecule has 1 atom stereocenters. The van der Waals surface area contributed by atoms with Crippen LogP contribution < -0.4 is 4.52 Å². The number of hydrogen-bond donors (Lipinski definition) is 1. The number of esters is 1. The van der Waals surface area contributed by atoms with Crippen molar-refractivity contribution >= 4 is 25.4 Å². The molecule has 1 unspecified atom stereocenters. The molecule has 0 aliphatic heterocycles. The Balaban J connectivity index is 2.94. The topological polar surface area (TPSA) is 52.6 Å². The molecule has 0 amide bonds. The number of benzene rings is 1. The van der Waals surface area contributed by atoms with Crippen molar-refractivity contribution in [2.24, 2.45) is 0 Å². The Hall–Kier alpha value is -1.06. The van der Waals surface area contributed by atoms with Crippen LogP contribution in [0.5, 0.6) is 5.75 Å². The Morgan fingerprint density at radius 2 is 2.00 bits per heavy atom. The van der Waals surface area contributed by atoms with Gasteiger partial charge in [-0.3, -0.25) is 0 Å². The fourth-order valence-corrected chi connectivity index (χ4v) is 1.67. The van der Waals surface area contributed by atoms with Gasteiger partial charge in [-0.05, 0) is 30.5 Å². The van der Waals surface area contributed by atoms with Gasteiger partial charge in [-0.25, -0.2) is 9.32 Å². The second kappa shape index (κ2) is 5.87. The van der Waals surface area contributed by atoms with E-state index in [-0.39, 0.29) is 17.4 Å². The Labute approximate surface area is 100.0 Å². The summed E-state index contributed by atoms with van der Waals surface area (Å²) >= 11 is 3.63. The van der Waals surface area contributed by atoms with E-state index in [0.717, 1.165) is 0 Å². The number of rotatable bonds is 4. The summed E-state index contributed by atoms with van der Waals surface area (Å²) in [7, 11) is -2.10. The Morgan fingerprint density at radius 1 is 1.38 bits per heavy atom. The lowest BCUT2D eigenvalue weighted by molar-refractivity contribution is 0.0376. The average molecular weight is 259 g/mol. The first-order valence-electron chi connectivity index (χ1n) is 4.65. The molecule has 16 heavy (non-hydrogen) atoms. The summed E-state index contributed by atoms with van der Waals surface area (Å²) in [5, 5.41) is 0. The molecule has 1 rings (SSSR count). The highest BCUT2D eigenvalue weighted by molar-refractivity contribution is 8.39. The largest absolute Gasteiger partial charge is 0.631 e. The minimum atomic E-state index is -2.10. The highest BCUT2D eigenvalue weighted by atomic mass is 32.7. The number of thiol groups is 1. The van der Waals surface area contributed by atoms with Crippen LogP contribution >= 0.6 is 19.5 Å². The summed E-state index contributed by atoms with van der Waals surface area (Å²) in [6.07, 6.45) is -0.217. The van der Waals surface area contributed by atoms with E-state index in [2.05, 4.69) is 12.2 Å². The Kier molecular flexibility index (Phi) is 4.77. The summed E-state index contributed by atoms with van der Waals surface area (Å²) in [5.41, 5.74) is 0.244. The molecule has 0 fully saturated rings. The van der Waals surface area contributed by atoms with Crippen molar-refractivity contribution in [1.29, 1.82) is 0 Å². The van der Waals surface area contributed by atoms with Gasteiger partial charge in [-0.1, -0.05) is 12.1 Å². The molecule has 0 aliphatic rings. The SMILES string of the molecule is CC(C)OC(=O)c1ccccc1O[P+](=O)S. The molecule has 0 saturated carbocycles. The zero-order valence-corrected chi connectivity index (χ0v) is 10.7. The molecule has 6 heteroatoms. The van der Waals surface area contributed by atoms with E-state index in [1.54, 1.807) is 38.1 Å². The monoisotopic (exact) mass is 259 g/mol. The standard InChI is InChI=1S/C10H11O4PS/c1-7(2)13-10(11)8-5-3-4-6-9(8)14-15(12)16/h3-7H,1-2H3/p+1. The molecule has 1 aromatic rings.